The van der Waals surface area contributed by atoms with Crippen LogP contribution in [0.4, 0.5) is 0 Å². The van der Waals surface area contributed by atoms with Crippen molar-refractivity contribution in [3.63, 3.8) is 0 Å². The Morgan fingerprint density at radius 3 is 0.921 bits per heavy atom. The van der Waals surface area contributed by atoms with Gasteiger partial charge in [0.2, 0.25) is 0 Å². The summed E-state index contributed by atoms with van der Waals surface area (Å²) in [4.78, 5) is 72.4. The van der Waals surface area contributed by atoms with Crippen LogP contribution in [0.5, 0.6) is 0 Å². The molecule has 0 aliphatic rings. The van der Waals surface area contributed by atoms with Crippen LogP contribution in [-0.4, -0.2) is 96.7 Å². The first-order valence-electron chi connectivity index (χ1n) is 35.8. The number of ether oxygens (including phenoxy) is 4. The number of carbonyl (C=O) groups excluding carboxylic acids is 4. The summed E-state index contributed by atoms with van der Waals surface area (Å²) in [5, 5.41) is 10.6. The van der Waals surface area contributed by atoms with E-state index in [0.29, 0.717) is 31.6 Å². The Balaban J connectivity index is 5.24. The van der Waals surface area contributed by atoms with Gasteiger partial charge in [-0.1, -0.05) is 278 Å². The van der Waals surface area contributed by atoms with Crippen LogP contribution in [0.3, 0.4) is 0 Å². The predicted octanol–water partition coefficient (Wildman–Crippen LogP) is 19.5. The molecule has 0 bridgehead atoms. The molecule has 0 spiro atoms. The summed E-state index contributed by atoms with van der Waals surface area (Å²) in [6.07, 6.45) is 49.7. The van der Waals surface area contributed by atoms with Crippen LogP contribution in [0.15, 0.2) is 24.3 Å². The number of allylic oxidation sites excluding steroid dienone is 4. The van der Waals surface area contributed by atoms with Crippen LogP contribution in [0.1, 0.15) is 330 Å². The average Bonchev–Trinajstić information content (AvgIpc) is 3.71. The van der Waals surface area contributed by atoms with Crippen LogP contribution in [0.2, 0.25) is 0 Å². The van der Waals surface area contributed by atoms with E-state index in [0.717, 1.165) is 121 Å². The summed E-state index contributed by atoms with van der Waals surface area (Å²) in [7, 11) is -9.91. The highest BCUT2D eigenvalue weighted by atomic mass is 31.2. The zero-order chi connectivity index (χ0) is 65.7. The molecule has 0 saturated carbocycles. The van der Waals surface area contributed by atoms with Crippen LogP contribution < -0.4 is 0 Å². The lowest BCUT2D eigenvalue weighted by Gasteiger charge is -2.21. The molecular weight excluding hydrogens is 1170 g/mol. The molecule has 0 fully saturated rings. The molecule has 0 amide bonds. The minimum absolute atomic E-state index is 0.0995. The van der Waals surface area contributed by atoms with Gasteiger partial charge in [-0.25, -0.2) is 9.13 Å². The van der Waals surface area contributed by atoms with Gasteiger partial charge in [0, 0.05) is 25.7 Å². The Morgan fingerprint density at radius 1 is 0.348 bits per heavy atom. The van der Waals surface area contributed by atoms with Gasteiger partial charge in [0.25, 0.3) is 0 Å². The van der Waals surface area contributed by atoms with Crippen LogP contribution in [0, 0.1) is 11.8 Å². The quantitative estimate of drug-likeness (QED) is 0.0169. The van der Waals surface area contributed by atoms with Gasteiger partial charge in [0.05, 0.1) is 26.4 Å². The van der Waals surface area contributed by atoms with Crippen LogP contribution in [-0.2, 0) is 65.4 Å². The van der Waals surface area contributed by atoms with Crippen LogP contribution >= 0.6 is 15.6 Å². The standard InChI is InChI=1S/C70H132O17P2/c1-7-9-11-13-15-17-18-19-20-24-27-30-34-41-47-53-68(73)81-58-65(86-69(74)54-48-42-35-31-28-25-22-21-23-26-29-32-38-44-50-62(3)4)60-84-88(76,77)82-56-64(71)57-83-89(78,79)85-61-66(59-80-67(72)52-46-40-33-16-14-12-10-8-2)87-70(75)55-49-43-37-36-39-45-51-63(5)6/h17-20,62-66,71H,7-16,21-61H2,1-6H3,(H,76,77)(H,78,79)/b18-17-,20-19-/t64-,65-,66-/m1/s1. The zero-order valence-electron chi connectivity index (χ0n) is 57.2. The number of rotatable bonds is 67. The molecular formula is C70H132O17P2. The number of esters is 4. The Labute approximate surface area is 542 Å². The van der Waals surface area contributed by atoms with Gasteiger partial charge in [-0.15, -0.1) is 0 Å². The minimum Gasteiger partial charge on any atom is -0.462 e. The smallest absolute Gasteiger partial charge is 0.462 e. The van der Waals surface area contributed by atoms with Crippen molar-refractivity contribution in [3.8, 4) is 0 Å². The summed E-state index contributed by atoms with van der Waals surface area (Å²) in [5.74, 6) is -0.701. The summed E-state index contributed by atoms with van der Waals surface area (Å²) in [5.41, 5.74) is 0. The first-order chi connectivity index (χ1) is 42.9. The Kier molecular flexibility index (Phi) is 60.0. The zero-order valence-corrected chi connectivity index (χ0v) is 59.0. The summed E-state index contributed by atoms with van der Waals surface area (Å²) in [6.45, 7) is 9.38. The van der Waals surface area contributed by atoms with Gasteiger partial charge in [0.1, 0.15) is 19.3 Å². The second-order valence-electron chi connectivity index (χ2n) is 25.5. The van der Waals surface area contributed by atoms with Crippen molar-refractivity contribution in [1.82, 2.24) is 0 Å². The maximum Gasteiger partial charge on any atom is 0.472 e. The molecule has 2 unspecified atom stereocenters. The highest BCUT2D eigenvalue weighted by Gasteiger charge is 2.30. The fraction of sp³-hybridized carbons (Fsp3) is 0.886. The predicted molar refractivity (Wildman–Crippen MR) is 358 cm³/mol. The van der Waals surface area contributed by atoms with Gasteiger partial charge in [-0.3, -0.25) is 37.3 Å². The van der Waals surface area contributed by atoms with Gasteiger partial charge in [-0.05, 0) is 63.2 Å². The maximum absolute atomic E-state index is 13.0. The second kappa shape index (κ2) is 61.7. The van der Waals surface area contributed by atoms with E-state index in [-0.39, 0.29) is 25.7 Å². The molecule has 0 rings (SSSR count). The van der Waals surface area contributed by atoms with Crippen molar-refractivity contribution in [1.29, 1.82) is 0 Å². The largest absolute Gasteiger partial charge is 0.472 e. The number of aliphatic hydroxyl groups is 1. The number of phosphoric ester groups is 2. The van der Waals surface area contributed by atoms with Gasteiger partial charge >= 0.3 is 39.5 Å². The monoisotopic (exact) mass is 1310 g/mol. The lowest BCUT2D eigenvalue weighted by atomic mass is 10.0. The number of hydrogen-bond acceptors (Lipinski definition) is 15. The molecule has 0 aromatic rings. The molecule has 5 atom stereocenters. The van der Waals surface area contributed by atoms with Crippen molar-refractivity contribution in [3.05, 3.63) is 24.3 Å². The number of carbonyl (C=O) groups is 4. The molecule has 0 saturated heterocycles. The highest BCUT2D eigenvalue weighted by molar-refractivity contribution is 7.47. The first-order valence-corrected chi connectivity index (χ1v) is 38.8. The van der Waals surface area contributed by atoms with Crippen molar-refractivity contribution >= 4 is 39.5 Å². The summed E-state index contributed by atoms with van der Waals surface area (Å²) < 4.78 is 68.1. The number of hydrogen-bond donors (Lipinski definition) is 3. The normalized spacial score (nSPS) is 14.3. The average molecular weight is 1310 g/mol. The van der Waals surface area contributed by atoms with E-state index >= 15 is 0 Å². The number of aliphatic hydroxyl groups excluding tert-OH is 1. The first kappa shape index (κ1) is 86.5. The number of phosphoric acid groups is 2. The van der Waals surface area contributed by atoms with Gasteiger partial charge in [-0.2, -0.15) is 0 Å². The Bertz CT molecular complexity index is 1830. The van der Waals surface area contributed by atoms with Crippen molar-refractivity contribution in [2.45, 2.75) is 349 Å². The molecule has 0 aromatic carbocycles. The lowest BCUT2D eigenvalue weighted by Crippen LogP contribution is -2.30. The lowest BCUT2D eigenvalue weighted by molar-refractivity contribution is -0.161. The van der Waals surface area contributed by atoms with E-state index in [4.69, 9.17) is 37.0 Å². The Morgan fingerprint density at radius 2 is 0.607 bits per heavy atom. The van der Waals surface area contributed by atoms with Gasteiger partial charge < -0.3 is 33.8 Å². The second-order valence-corrected chi connectivity index (χ2v) is 28.4. The molecule has 524 valence electrons. The van der Waals surface area contributed by atoms with Crippen molar-refractivity contribution < 1.29 is 80.2 Å². The molecule has 0 aliphatic heterocycles. The highest BCUT2D eigenvalue weighted by Crippen LogP contribution is 2.45. The fourth-order valence-corrected chi connectivity index (χ4v) is 11.6. The third kappa shape index (κ3) is 64.1. The van der Waals surface area contributed by atoms with E-state index in [1.807, 2.05) is 0 Å². The molecule has 89 heavy (non-hydrogen) atoms. The SMILES string of the molecule is CCCCCC/C=C\C=C/CCCCCCCC(=O)OC[C@H](COP(=O)(O)OC[C@@H](O)COP(=O)(O)OC[C@@H](COC(=O)CCCCCCCCCC)OC(=O)CCCCCCCCC(C)C)OC(=O)CCCCCCCCCCCCCCCCC(C)C. The third-order valence-electron chi connectivity index (χ3n) is 15.6. The fourth-order valence-electron chi connectivity index (χ4n) is 10.1. The van der Waals surface area contributed by atoms with Gasteiger partial charge in [0.15, 0.2) is 12.2 Å². The van der Waals surface area contributed by atoms with E-state index in [9.17, 15) is 43.2 Å². The van der Waals surface area contributed by atoms with E-state index in [2.05, 4.69) is 65.8 Å². The third-order valence-corrected chi connectivity index (χ3v) is 17.5. The summed E-state index contributed by atoms with van der Waals surface area (Å²) >= 11 is 0. The molecule has 0 aliphatic carbocycles. The van der Waals surface area contributed by atoms with E-state index in [1.54, 1.807) is 0 Å². The molecule has 19 heteroatoms. The summed E-state index contributed by atoms with van der Waals surface area (Å²) in [6, 6.07) is 0. The molecule has 0 radical (unpaired) electrons. The topological polar surface area (TPSA) is 237 Å². The van der Waals surface area contributed by atoms with E-state index in [1.165, 1.54) is 122 Å². The van der Waals surface area contributed by atoms with Crippen molar-refractivity contribution in [2.24, 2.45) is 11.8 Å². The molecule has 0 heterocycles. The molecule has 17 nitrogen and oxygen atoms in total. The number of unbranched alkanes of at least 4 members (excludes halogenated alkanes) is 34. The Hall–Kier alpha value is -2.46. The van der Waals surface area contributed by atoms with E-state index < -0.39 is 97.5 Å². The molecule has 0 aromatic heterocycles. The maximum atomic E-state index is 13.0. The minimum atomic E-state index is -4.96. The van der Waals surface area contributed by atoms with Crippen molar-refractivity contribution in [2.75, 3.05) is 39.6 Å². The van der Waals surface area contributed by atoms with Crippen LogP contribution in [0.25, 0.3) is 0 Å². The molecule has 3 N–H and O–H groups in total.